The highest BCUT2D eigenvalue weighted by atomic mass is 16.4. The lowest BCUT2D eigenvalue weighted by Gasteiger charge is -2.36. The summed E-state index contributed by atoms with van der Waals surface area (Å²) < 4.78 is 0. The smallest absolute Gasteiger partial charge is 0.329 e. The molecule has 7 nitrogen and oxygen atoms in total. The quantitative estimate of drug-likeness (QED) is 0.864. The van der Waals surface area contributed by atoms with Crippen LogP contribution in [0.1, 0.15) is 38.4 Å². The molecule has 0 saturated carbocycles. The molecule has 1 atom stereocenters. The summed E-state index contributed by atoms with van der Waals surface area (Å²) in [5, 5.41) is 9.62. The number of aromatic nitrogens is 2. The van der Waals surface area contributed by atoms with Crippen molar-refractivity contribution in [3.8, 4) is 0 Å². The fourth-order valence-corrected chi connectivity index (χ4v) is 3.04. The number of nitrogens with one attached hydrogen (secondary N) is 1. The molecule has 2 rings (SSSR count). The summed E-state index contributed by atoms with van der Waals surface area (Å²) in [4.78, 5) is 34.4. The van der Waals surface area contributed by atoms with Crippen LogP contribution in [0.5, 0.6) is 0 Å². The molecule has 116 valence electrons. The molecule has 1 aliphatic heterocycles. The van der Waals surface area contributed by atoms with Crippen LogP contribution in [0, 0.1) is 0 Å². The highest BCUT2D eigenvalue weighted by Gasteiger charge is 2.49. The maximum atomic E-state index is 12.6. The Morgan fingerprint density at radius 1 is 1.57 bits per heavy atom. The highest BCUT2D eigenvalue weighted by molar-refractivity contribution is 5.87. The lowest BCUT2D eigenvalue weighted by Crippen LogP contribution is -2.56. The van der Waals surface area contributed by atoms with E-state index >= 15 is 0 Å². The van der Waals surface area contributed by atoms with Gasteiger partial charge in [-0.25, -0.2) is 14.6 Å². The first-order chi connectivity index (χ1) is 10.0. The van der Waals surface area contributed by atoms with Crippen LogP contribution in [-0.4, -0.2) is 56.0 Å². The Morgan fingerprint density at radius 2 is 2.33 bits per heavy atom. The van der Waals surface area contributed by atoms with Gasteiger partial charge in [0.05, 0.1) is 6.54 Å². The second-order valence-electron chi connectivity index (χ2n) is 5.52. The summed E-state index contributed by atoms with van der Waals surface area (Å²) in [6, 6.07) is -0.250. The number of aromatic amines is 1. The highest BCUT2D eigenvalue weighted by Crippen LogP contribution is 2.34. The van der Waals surface area contributed by atoms with E-state index in [0.29, 0.717) is 31.8 Å². The lowest BCUT2D eigenvalue weighted by atomic mass is 9.91. The van der Waals surface area contributed by atoms with Gasteiger partial charge in [0.15, 0.2) is 0 Å². The second-order valence-corrected chi connectivity index (χ2v) is 5.52. The molecule has 1 aliphatic rings. The van der Waals surface area contributed by atoms with Gasteiger partial charge in [0.25, 0.3) is 0 Å². The number of hydrogen-bond donors (Lipinski definition) is 2. The number of carbonyl (C=O) groups excluding carboxylic acids is 1. The van der Waals surface area contributed by atoms with Gasteiger partial charge in [-0.2, -0.15) is 0 Å². The van der Waals surface area contributed by atoms with E-state index in [0.717, 1.165) is 12.8 Å². The summed E-state index contributed by atoms with van der Waals surface area (Å²) in [5.41, 5.74) is -1.05. The normalized spacial score (nSPS) is 21.5. The van der Waals surface area contributed by atoms with Gasteiger partial charge in [-0.05, 0) is 19.3 Å². The number of likely N-dealkylation sites (tertiary alicyclic amines) is 1. The molecule has 1 aromatic rings. The number of urea groups is 1. The van der Waals surface area contributed by atoms with Gasteiger partial charge >= 0.3 is 12.0 Å². The third-order valence-corrected chi connectivity index (χ3v) is 4.05. The van der Waals surface area contributed by atoms with Crippen LogP contribution in [0.2, 0.25) is 0 Å². The Morgan fingerprint density at radius 3 is 2.90 bits per heavy atom. The number of nitrogens with zero attached hydrogens (tertiary/aromatic N) is 3. The predicted molar refractivity (Wildman–Crippen MR) is 76.7 cm³/mol. The molecule has 21 heavy (non-hydrogen) atoms. The van der Waals surface area contributed by atoms with Crippen molar-refractivity contribution in [2.24, 2.45) is 0 Å². The molecule has 0 bridgehead atoms. The Hall–Kier alpha value is -2.05. The number of amides is 2. The molecule has 1 unspecified atom stereocenters. The van der Waals surface area contributed by atoms with E-state index in [1.807, 2.05) is 6.92 Å². The third kappa shape index (κ3) is 2.86. The van der Waals surface area contributed by atoms with Gasteiger partial charge in [-0.1, -0.05) is 13.3 Å². The van der Waals surface area contributed by atoms with E-state index < -0.39 is 11.5 Å². The molecule has 1 aromatic heterocycles. The molecule has 7 heteroatoms. The minimum atomic E-state index is -1.05. The SMILES string of the molecule is CCCC1(C(=O)O)CCCN1C(=O)N(C)Cc1ncc[nH]1. The number of imidazole rings is 1. The standard InChI is InChI=1S/C14H22N4O3/c1-3-5-14(12(19)20)6-4-9-18(14)13(21)17(2)10-11-15-7-8-16-11/h7-8H,3-6,9-10H2,1-2H3,(H,15,16)(H,19,20). The molecule has 0 spiro atoms. The van der Waals surface area contributed by atoms with Gasteiger partial charge in [-0.15, -0.1) is 0 Å². The molecule has 2 N–H and O–H groups in total. The number of aliphatic carboxylic acids is 1. The molecule has 0 aliphatic carbocycles. The zero-order valence-electron chi connectivity index (χ0n) is 12.5. The number of rotatable bonds is 5. The summed E-state index contributed by atoms with van der Waals surface area (Å²) in [6.07, 6.45) is 5.80. The van der Waals surface area contributed by atoms with Crippen molar-refractivity contribution in [1.82, 2.24) is 19.8 Å². The topological polar surface area (TPSA) is 89.5 Å². The molecule has 2 heterocycles. The molecule has 1 saturated heterocycles. The minimum absolute atomic E-state index is 0.250. The summed E-state index contributed by atoms with van der Waals surface area (Å²) in [6.45, 7) is 2.77. The zero-order chi connectivity index (χ0) is 15.5. The molecular formula is C14H22N4O3. The molecule has 1 fully saturated rings. The Labute approximate surface area is 124 Å². The molecular weight excluding hydrogens is 272 g/mol. The van der Waals surface area contributed by atoms with Crippen LogP contribution in [0.4, 0.5) is 4.79 Å². The third-order valence-electron chi connectivity index (χ3n) is 4.05. The monoisotopic (exact) mass is 294 g/mol. The van der Waals surface area contributed by atoms with Gasteiger partial charge in [0.1, 0.15) is 11.4 Å². The van der Waals surface area contributed by atoms with Crippen molar-refractivity contribution in [3.05, 3.63) is 18.2 Å². The van der Waals surface area contributed by atoms with Crippen molar-refractivity contribution in [3.63, 3.8) is 0 Å². The Kier molecular flexibility index (Phi) is 4.50. The van der Waals surface area contributed by atoms with Gasteiger partial charge in [0, 0.05) is 26.0 Å². The number of carboxylic acids is 1. The Balaban J connectivity index is 2.14. The van der Waals surface area contributed by atoms with Crippen molar-refractivity contribution in [2.75, 3.05) is 13.6 Å². The van der Waals surface area contributed by atoms with Crippen molar-refractivity contribution < 1.29 is 14.7 Å². The largest absolute Gasteiger partial charge is 0.479 e. The van der Waals surface area contributed by atoms with Gasteiger partial charge < -0.3 is 19.9 Å². The zero-order valence-corrected chi connectivity index (χ0v) is 12.5. The number of H-pyrrole nitrogens is 1. The van der Waals surface area contributed by atoms with E-state index in [1.54, 1.807) is 19.4 Å². The minimum Gasteiger partial charge on any atom is -0.479 e. The number of hydrogen-bond acceptors (Lipinski definition) is 3. The molecule has 2 amide bonds. The maximum absolute atomic E-state index is 12.6. The van der Waals surface area contributed by atoms with E-state index in [4.69, 9.17) is 0 Å². The van der Waals surface area contributed by atoms with Gasteiger partial charge in [0.2, 0.25) is 0 Å². The summed E-state index contributed by atoms with van der Waals surface area (Å²) in [7, 11) is 1.67. The fourth-order valence-electron chi connectivity index (χ4n) is 3.04. The first kappa shape index (κ1) is 15.3. The Bertz CT molecular complexity index is 502. The van der Waals surface area contributed by atoms with E-state index in [1.165, 1.54) is 9.80 Å². The number of carboxylic acid groups (broad SMARTS) is 1. The van der Waals surface area contributed by atoms with Crippen molar-refractivity contribution >= 4 is 12.0 Å². The van der Waals surface area contributed by atoms with Crippen LogP contribution in [0.25, 0.3) is 0 Å². The van der Waals surface area contributed by atoms with Crippen LogP contribution in [-0.2, 0) is 11.3 Å². The maximum Gasteiger partial charge on any atom is 0.329 e. The first-order valence-corrected chi connectivity index (χ1v) is 7.25. The summed E-state index contributed by atoms with van der Waals surface area (Å²) in [5.74, 6) is -0.219. The van der Waals surface area contributed by atoms with Crippen LogP contribution < -0.4 is 0 Å². The lowest BCUT2D eigenvalue weighted by molar-refractivity contribution is -0.148. The van der Waals surface area contributed by atoms with Crippen LogP contribution in [0.3, 0.4) is 0 Å². The van der Waals surface area contributed by atoms with E-state index in [2.05, 4.69) is 9.97 Å². The van der Waals surface area contributed by atoms with E-state index in [-0.39, 0.29) is 6.03 Å². The van der Waals surface area contributed by atoms with Crippen LogP contribution >= 0.6 is 0 Å². The van der Waals surface area contributed by atoms with Crippen LogP contribution in [0.15, 0.2) is 12.4 Å². The average molecular weight is 294 g/mol. The van der Waals surface area contributed by atoms with Crippen molar-refractivity contribution in [2.45, 2.75) is 44.7 Å². The molecule has 0 aromatic carbocycles. The van der Waals surface area contributed by atoms with Crippen molar-refractivity contribution in [1.29, 1.82) is 0 Å². The van der Waals surface area contributed by atoms with Gasteiger partial charge in [-0.3, -0.25) is 0 Å². The first-order valence-electron chi connectivity index (χ1n) is 7.25. The molecule has 0 radical (unpaired) electrons. The predicted octanol–water partition coefficient (Wildman–Crippen LogP) is 1.68. The fraction of sp³-hybridized carbons (Fsp3) is 0.643. The summed E-state index contributed by atoms with van der Waals surface area (Å²) >= 11 is 0. The average Bonchev–Trinajstić information content (AvgIpc) is 3.08. The second kappa shape index (κ2) is 6.15. The number of carbonyl (C=O) groups is 2. The van der Waals surface area contributed by atoms with E-state index in [9.17, 15) is 14.7 Å².